The Morgan fingerprint density at radius 2 is 1.86 bits per heavy atom. The van der Waals surface area contributed by atoms with Gasteiger partial charge in [-0.15, -0.1) is 0 Å². The summed E-state index contributed by atoms with van der Waals surface area (Å²) in [6.07, 6.45) is 5.67. The lowest BCUT2D eigenvalue weighted by molar-refractivity contribution is -0.0893. The van der Waals surface area contributed by atoms with E-state index >= 15 is 0 Å². The summed E-state index contributed by atoms with van der Waals surface area (Å²) in [6.45, 7) is 4.47. The topological polar surface area (TPSA) is 107 Å². The highest BCUT2D eigenvalue weighted by atomic mass is 16.5. The molecule has 0 bridgehead atoms. The molecule has 2 fully saturated rings. The van der Waals surface area contributed by atoms with E-state index in [1.807, 2.05) is 58.9 Å². The smallest absolute Gasteiger partial charge is 0.275 e. The van der Waals surface area contributed by atoms with Gasteiger partial charge >= 0.3 is 0 Å². The van der Waals surface area contributed by atoms with Crippen LogP contribution in [0.1, 0.15) is 54.2 Å². The summed E-state index contributed by atoms with van der Waals surface area (Å²) in [5, 5.41) is 15.1. The van der Waals surface area contributed by atoms with Crippen molar-refractivity contribution in [2.75, 3.05) is 54.2 Å². The van der Waals surface area contributed by atoms with Crippen LogP contribution in [-0.4, -0.2) is 91.3 Å². The molecule has 0 spiro atoms. The lowest BCUT2D eigenvalue weighted by atomic mass is 9.80. The Bertz CT molecular complexity index is 1350. The standard InChI is InChI=1S/C33H44N4O6/c1-23-18-26(41-3)31(27(19-23)42-4)43-17-13-25-20-34-15-16-36(25)32(38)29-30(24-10-6-5-7-11-24)37(22-35-29)28-12-8-9-14-33(28,39)21-40-2/h5-7,10-11,18-19,22,25,28,34,39H,8-9,12-17,20-21H2,1-4H3/t25-,28-,33-/m1/s1. The molecule has 10 heteroatoms. The maximum atomic E-state index is 14.3. The van der Waals surface area contributed by atoms with Crippen LogP contribution in [0.2, 0.25) is 0 Å². The maximum Gasteiger partial charge on any atom is 0.275 e. The highest BCUT2D eigenvalue weighted by molar-refractivity contribution is 5.98. The van der Waals surface area contributed by atoms with Crippen LogP contribution in [-0.2, 0) is 4.74 Å². The van der Waals surface area contributed by atoms with Crippen molar-refractivity contribution in [2.45, 2.75) is 56.7 Å². The highest BCUT2D eigenvalue weighted by Gasteiger charge is 2.42. The molecule has 1 amide bonds. The molecule has 1 aromatic heterocycles. The monoisotopic (exact) mass is 592 g/mol. The summed E-state index contributed by atoms with van der Waals surface area (Å²) in [6, 6.07) is 13.3. The Morgan fingerprint density at radius 3 is 2.56 bits per heavy atom. The molecular formula is C33H44N4O6. The number of methoxy groups -OCH3 is 3. The molecule has 0 unspecified atom stereocenters. The molecule has 232 valence electrons. The Hall–Kier alpha value is -3.60. The average Bonchev–Trinajstić information content (AvgIpc) is 3.46. The van der Waals surface area contributed by atoms with Gasteiger partial charge in [0.2, 0.25) is 5.75 Å². The van der Waals surface area contributed by atoms with E-state index in [1.54, 1.807) is 27.7 Å². The van der Waals surface area contributed by atoms with E-state index in [9.17, 15) is 9.90 Å². The molecule has 1 saturated carbocycles. The molecule has 10 nitrogen and oxygen atoms in total. The molecule has 2 N–H and O–H groups in total. The zero-order valence-electron chi connectivity index (χ0n) is 25.7. The summed E-state index contributed by atoms with van der Waals surface area (Å²) < 4.78 is 24.8. The van der Waals surface area contributed by atoms with Crippen LogP contribution in [0.5, 0.6) is 17.2 Å². The van der Waals surface area contributed by atoms with E-state index in [0.717, 1.165) is 36.1 Å². The molecule has 3 aromatic rings. The van der Waals surface area contributed by atoms with Gasteiger partial charge < -0.3 is 38.8 Å². The summed E-state index contributed by atoms with van der Waals surface area (Å²) in [5.74, 6) is 1.65. The Kier molecular flexibility index (Phi) is 9.90. The largest absolute Gasteiger partial charge is 0.493 e. The SMILES string of the molecule is COC[C@]1(O)CCCC[C@H]1n1cnc(C(=O)N2CCNC[C@H]2CCOc2c(OC)cc(C)cc2OC)c1-c1ccccc1. The second-order valence-corrected chi connectivity index (χ2v) is 11.5. The molecule has 1 saturated heterocycles. The second-order valence-electron chi connectivity index (χ2n) is 11.5. The van der Waals surface area contributed by atoms with Gasteiger partial charge in [-0.1, -0.05) is 43.2 Å². The second kappa shape index (κ2) is 13.8. The summed E-state index contributed by atoms with van der Waals surface area (Å²) in [4.78, 5) is 20.9. The lowest BCUT2D eigenvalue weighted by Gasteiger charge is -2.41. The van der Waals surface area contributed by atoms with E-state index in [1.165, 1.54) is 0 Å². The molecule has 1 aliphatic heterocycles. The summed E-state index contributed by atoms with van der Waals surface area (Å²) >= 11 is 0. The Labute approximate surface area is 253 Å². The predicted molar refractivity (Wildman–Crippen MR) is 164 cm³/mol. The minimum atomic E-state index is -1.04. The van der Waals surface area contributed by atoms with Crippen molar-refractivity contribution in [3.8, 4) is 28.5 Å². The number of aliphatic hydroxyl groups is 1. The van der Waals surface area contributed by atoms with Crippen molar-refractivity contribution < 1.29 is 28.8 Å². The predicted octanol–water partition coefficient (Wildman–Crippen LogP) is 4.25. The van der Waals surface area contributed by atoms with Crippen LogP contribution in [0.15, 0.2) is 48.8 Å². The molecule has 5 rings (SSSR count). The zero-order valence-corrected chi connectivity index (χ0v) is 25.7. The van der Waals surface area contributed by atoms with Crippen molar-refractivity contribution in [3.05, 3.63) is 60.0 Å². The van der Waals surface area contributed by atoms with Gasteiger partial charge in [0, 0.05) is 44.8 Å². The van der Waals surface area contributed by atoms with Crippen molar-refractivity contribution in [3.63, 3.8) is 0 Å². The highest BCUT2D eigenvalue weighted by Crippen LogP contribution is 2.41. The third kappa shape index (κ3) is 6.51. The number of imidazole rings is 1. The third-order valence-corrected chi connectivity index (χ3v) is 8.64. The van der Waals surface area contributed by atoms with Crippen LogP contribution in [0, 0.1) is 6.92 Å². The van der Waals surface area contributed by atoms with Gasteiger partial charge in [-0.3, -0.25) is 4.79 Å². The van der Waals surface area contributed by atoms with Crippen LogP contribution in [0.3, 0.4) is 0 Å². The van der Waals surface area contributed by atoms with Gasteiger partial charge in [-0.05, 0) is 37.5 Å². The van der Waals surface area contributed by atoms with Crippen LogP contribution in [0.4, 0.5) is 0 Å². The molecule has 2 aromatic carbocycles. The number of hydrogen-bond acceptors (Lipinski definition) is 8. The number of carbonyl (C=O) groups is 1. The number of benzene rings is 2. The first-order valence-electron chi connectivity index (χ1n) is 15.1. The Morgan fingerprint density at radius 1 is 1.12 bits per heavy atom. The number of ether oxygens (including phenoxy) is 4. The number of nitrogens with one attached hydrogen (secondary N) is 1. The first-order chi connectivity index (χ1) is 20.9. The number of carbonyl (C=O) groups excluding carboxylic acids is 1. The fraction of sp³-hybridized carbons (Fsp3) is 0.515. The number of amides is 1. The molecule has 43 heavy (non-hydrogen) atoms. The fourth-order valence-corrected chi connectivity index (χ4v) is 6.53. The lowest BCUT2D eigenvalue weighted by Crippen LogP contribution is -2.54. The number of aryl methyl sites for hydroxylation is 1. The molecule has 0 radical (unpaired) electrons. The molecule has 1 aliphatic carbocycles. The first-order valence-corrected chi connectivity index (χ1v) is 15.1. The summed E-state index contributed by atoms with van der Waals surface area (Å²) in [7, 11) is 4.84. The third-order valence-electron chi connectivity index (χ3n) is 8.64. The number of aromatic nitrogens is 2. The van der Waals surface area contributed by atoms with Gasteiger partial charge in [0.1, 0.15) is 5.60 Å². The number of hydrogen-bond donors (Lipinski definition) is 2. The van der Waals surface area contributed by atoms with Crippen molar-refractivity contribution >= 4 is 5.91 Å². The quantitative estimate of drug-likeness (QED) is 0.340. The van der Waals surface area contributed by atoms with Crippen molar-refractivity contribution in [1.29, 1.82) is 0 Å². The fourth-order valence-electron chi connectivity index (χ4n) is 6.53. The van der Waals surface area contributed by atoms with Crippen LogP contribution in [0.25, 0.3) is 11.3 Å². The first kappa shape index (κ1) is 30.8. The van der Waals surface area contributed by atoms with Gasteiger partial charge in [0.05, 0.1) is 45.5 Å². The number of nitrogens with zero attached hydrogens (tertiary/aromatic N) is 3. The van der Waals surface area contributed by atoms with E-state index in [2.05, 4.69) is 5.32 Å². The van der Waals surface area contributed by atoms with Gasteiger partial charge in [0.25, 0.3) is 5.91 Å². The van der Waals surface area contributed by atoms with Gasteiger partial charge in [-0.2, -0.15) is 0 Å². The van der Waals surface area contributed by atoms with E-state index in [0.29, 0.717) is 62.0 Å². The Balaban J connectivity index is 1.42. The molecule has 3 atom stereocenters. The van der Waals surface area contributed by atoms with E-state index in [-0.39, 0.29) is 24.6 Å². The minimum Gasteiger partial charge on any atom is -0.493 e. The zero-order chi connectivity index (χ0) is 30.4. The van der Waals surface area contributed by atoms with E-state index < -0.39 is 5.60 Å². The van der Waals surface area contributed by atoms with Gasteiger partial charge in [0.15, 0.2) is 17.2 Å². The number of rotatable bonds is 11. The van der Waals surface area contributed by atoms with Crippen molar-refractivity contribution in [2.24, 2.45) is 0 Å². The average molecular weight is 593 g/mol. The summed E-state index contributed by atoms with van der Waals surface area (Å²) in [5.41, 5.74) is 1.99. The van der Waals surface area contributed by atoms with Gasteiger partial charge in [-0.25, -0.2) is 4.98 Å². The van der Waals surface area contributed by atoms with Crippen molar-refractivity contribution in [1.82, 2.24) is 19.8 Å². The maximum absolute atomic E-state index is 14.3. The molecule has 2 aliphatic rings. The van der Waals surface area contributed by atoms with E-state index in [4.69, 9.17) is 23.9 Å². The normalized spacial score (nSPS) is 22.3. The minimum absolute atomic E-state index is 0.0995. The number of piperazine rings is 1. The van der Waals surface area contributed by atoms with Crippen LogP contribution >= 0.6 is 0 Å². The van der Waals surface area contributed by atoms with Crippen LogP contribution < -0.4 is 19.5 Å². The molecule has 2 heterocycles. The molecular weight excluding hydrogens is 548 g/mol.